The van der Waals surface area contributed by atoms with Crippen LogP contribution in [0, 0.1) is 5.92 Å². The fraction of sp³-hybridized carbons (Fsp3) is 0.647. The van der Waals surface area contributed by atoms with Crippen molar-refractivity contribution in [3.63, 3.8) is 0 Å². The Morgan fingerprint density at radius 1 is 1.18 bits per heavy atom. The SMILES string of the molecule is B.OCCCc1ccc(OCC2(O)CN3CCC2CC3)cc1. The summed E-state index contributed by atoms with van der Waals surface area (Å²) in [5.41, 5.74) is 0.518. The molecule has 1 aromatic rings. The molecule has 0 saturated carbocycles. The van der Waals surface area contributed by atoms with E-state index in [1.807, 2.05) is 24.3 Å². The molecule has 4 rings (SSSR count). The van der Waals surface area contributed by atoms with Gasteiger partial charge in [0.25, 0.3) is 0 Å². The average Bonchev–Trinajstić information content (AvgIpc) is 2.53. The molecule has 122 valence electrons. The van der Waals surface area contributed by atoms with Crippen molar-refractivity contribution in [1.82, 2.24) is 4.90 Å². The van der Waals surface area contributed by atoms with Gasteiger partial charge in [0.15, 0.2) is 0 Å². The number of hydrogen-bond donors (Lipinski definition) is 2. The van der Waals surface area contributed by atoms with Crippen LogP contribution in [0.15, 0.2) is 24.3 Å². The van der Waals surface area contributed by atoms with Crippen LogP contribution in [0.25, 0.3) is 0 Å². The van der Waals surface area contributed by atoms with E-state index in [9.17, 15) is 5.11 Å². The molecular formula is C17H28BNO3. The number of fused-ring (bicyclic) bond motifs is 3. The van der Waals surface area contributed by atoms with Crippen LogP contribution in [-0.4, -0.2) is 62.0 Å². The first-order chi connectivity index (χ1) is 10.2. The Morgan fingerprint density at radius 3 is 2.41 bits per heavy atom. The van der Waals surface area contributed by atoms with Gasteiger partial charge in [-0.3, -0.25) is 0 Å². The summed E-state index contributed by atoms with van der Waals surface area (Å²) in [5.74, 6) is 1.19. The Labute approximate surface area is 134 Å². The van der Waals surface area contributed by atoms with Crippen molar-refractivity contribution >= 4 is 8.41 Å². The van der Waals surface area contributed by atoms with Gasteiger partial charge in [-0.1, -0.05) is 12.1 Å². The van der Waals surface area contributed by atoms with Crippen molar-refractivity contribution in [1.29, 1.82) is 0 Å². The topological polar surface area (TPSA) is 52.9 Å². The van der Waals surface area contributed by atoms with Crippen LogP contribution in [0.4, 0.5) is 0 Å². The van der Waals surface area contributed by atoms with Gasteiger partial charge in [-0.2, -0.15) is 0 Å². The van der Waals surface area contributed by atoms with Crippen molar-refractivity contribution in [2.24, 2.45) is 5.92 Å². The van der Waals surface area contributed by atoms with Crippen molar-refractivity contribution < 1.29 is 14.9 Å². The van der Waals surface area contributed by atoms with E-state index in [0.29, 0.717) is 12.5 Å². The molecule has 3 saturated heterocycles. The predicted octanol–water partition coefficient (Wildman–Crippen LogP) is 0.263. The fourth-order valence-corrected chi connectivity index (χ4v) is 3.55. The maximum atomic E-state index is 10.8. The maximum Gasteiger partial charge on any atom is 0.119 e. The Balaban J connectivity index is 0.00000176. The van der Waals surface area contributed by atoms with Crippen molar-refractivity contribution in [2.45, 2.75) is 31.3 Å². The van der Waals surface area contributed by atoms with Gasteiger partial charge in [0.1, 0.15) is 18.0 Å². The van der Waals surface area contributed by atoms with Crippen molar-refractivity contribution in [2.75, 3.05) is 32.8 Å². The highest BCUT2D eigenvalue weighted by molar-refractivity contribution is 5.75. The van der Waals surface area contributed by atoms with Crippen LogP contribution in [0.1, 0.15) is 24.8 Å². The normalized spacial score (nSPS) is 29.9. The highest BCUT2D eigenvalue weighted by atomic mass is 16.5. The third kappa shape index (κ3) is 3.83. The number of benzene rings is 1. The third-order valence-electron chi connectivity index (χ3n) is 4.88. The minimum atomic E-state index is -0.688. The number of hydrogen-bond acceptors (Lipinski definition) is 4. The van der Waals surface area contributed by atoms with Gasteiger partial charge >= 0.3 is 0 Å². The predicted molar refractivity (Wildman–Crippen MR) is 91.4 cm³/mol. The first kappa shape index (κ1) is 17.3. The molecule has 3 heterocycles. The number of piperidine rings is 3. The van der Waals surface area contributed by atoms with Crippen LogP contribution < -0.4 is 4.74 Å². The highest BCUT2D eigenvalue weighted by Gasteiger charge is 2.45. The number of rotatable bonds is 6. The minimum Gasteiger partial charge on any atom is -0.491 e. The van der Waals surface area contributed by atoms with Crippen LogP contribution in [-0.2, 0) is 6.42 Å². The number of aryl methyl sites for hydroxylation is 1. The Bertz CT molecular complexity index is 459. The Kier molecular flexibility index (Phi) is 5.90. The van der Waals surface area contributed by atoms with Gasteiger partial charge in [-0.05, 0) is 62.4 Å². The fourth-order valence-electron chi connectivity index (χ4n) is 3.55. The summed E-state index contributed by atoms with van der Waals surface area (Å²) in [5, 5.41) is 19.6. The summed E-state index contributed by atoms with van der Waals surface area (Å²) in [4.78, 5) is 2.33. The van der Waals surface area contributed by atoms with E-state index in [-0.39, 0.29) is 15.0 Å². The molecule has 2 N–H and O–H groups in total. The molecule has 1 aromatic carbocycles. The molecule has 3 fully saturated rings. The Hall–Kier alpha value is -1.04. The summed E-state index contributed by atoms with van der Waals surface area (Å²) in [6, 6.07) is 7.98. The van der Waals surface area contributed by atoms with Gasteiger partial charge in [0.05, 0.1) is 8.41 Å². The zero-order valence-corrected chi connectivity index (χ0v) is 12.5. The van der Waals surface area contributed by atoms with E-state index in [1.165, 1.54) is 5.56 Å². The van der Waals surface area contributed by atoms with E-state index in [1.54, 1.807) is 0 Å². The van der Waals surface area contributed by atoms with Gasteiger partial charge < -0.3 is 19.8 Å². The quantitative estimate of drug-likeness (QED) is 0.741. The summed E-state index contributed by atoms with van der Waals surface area (Å²) in [7, 11) is 0. The molecule has 0 aliphatic carbocycles. The van der Waals surface area contributed by atoms with E-state index in [4.69, 9.17) is 9.84 Å². The monoisotopic (exact) mass is 305 g/mol. The number of nitrogens with zero attached hydrogens (tertiary/aromatic N) is 1. The van der Waals surface area contributed by atoms with Crippen LogP contribution in [0.3, 0.4) is 0 Å². The van der Waals surface area contributed by atoms with Crippen LogP contribution >= 0.6 is 0 Å². The van der Waals surface area contributed by atoms with Crippen molar-refractivity contribution in [3.8, 4) is 5.75 Å². The molecule has 3 aliphatic heterocycles. The van der Waals surface area contributed by atoms with Crippen LogP contribution in [0.5, 0.6) is 5.75 Å². The molecule has 5 heteroatoms. The molecule has 0 spiro atoms. The molecule has 22 heavy (non-hydrogen) atoms. The molecule has 1 unspecified atom stereocenters. The molecule has 3 aliphatic rings. The number of aliphatic hydroxyl groups excluding tert-OH is 1. The summed E-state index contributed by atoms with van der Waals surface area (Å²) >= 11 is 0. The molecule has 0 radical (unpaired) electrons. The maximum absolute atomic E-state index is 10.8. The zero-order chi connectivity index (χ0) is 14.7. The highest BCUT2D eigenvalue weighted by Crippen LogP contribution is 2.36. The molecule has 0 amide bonds. The molecule has 4 nitrogen and oxygen atoms in total. The third-order valence-corrected chi connectivity index (χ3v) is 4.88. The second-order valence-electron chi connectivity index (χ2n) is 6.41. The van der Waals surface area contributed by atoms with Crippen molar-refractivity contribution in [3.05, 3.63) is 29.8 Å². The Morgan fingerprint density at radius 2 is 1.86 bits per heavy atom. The number of ether oxygens (including phenoxy) is 1. The second-order valence-corrected chi connectivity index (χ2v) is 6.41. The molecule has 1 atom stereocenters. The first-order valence-electron chi connectivity index (χ1n) is 7.97. The zero-order valence-electron chi connectivity index (χ0n) is 12.5. The lowest BCUT2D eigenvalue weighted by Crippen LogP contribution is -2.61. The average molecular weight is 305 g/mol. The standard InChI is InChI=1S/C17H25NO3.BH3/c19-11-1-2-14-3-5-16(6-4-14)21-13-17(20)12-18-9-7-15(17)8-10-18;/h3-6,15,19-20H,1-2,7-13H2;1H3. The lowest BCUT2D eigenvalue weighted by atomic mass is 9.76. The van der Waals surface area contributed by atoms with Gasteiger partial charge in [-0.15, -0.1) is 0 Å². The first-order valence-corrected chi connectivity index (χ1v) is 7.97. The summed E-state index contributed by atoms with van der Waals surface area (Å²) < 4.78 is 5.83. The van der Waals surface area contributed by atoms with E-state index in [2.05, 4.69) is 4.90 Å². The van der Waals surface area contributed by atoms with E-state index in [0.717, 1.165) is 51.1 Å². The van der Waals surface area contributed by atoms with Gasteiger partial charge in [-0.25, -0.2) is 0 Å². The summed E-state index contributed by atoms with van der Waals surface area (Å²) in [6.07, 6.45) is 3.84. The minimum absolute atomic E-state index is 0. The lowest BCUT2D eigenvalue weighted by Gasteiger charge is -2.50. The van der Waals surface area contributed by atoms with E-state index < -0.39 is 5.60 Å². The lowest BCUT2D eigenvalue weighted by molar-refractivity contribution is -0.131. The molecular weight excluding hydrogens is 277 g/mol. The second kappa shape index (κ2) is 7.49. The summed E-state index contributed by atoms with van der Waals surface area (Å²) in [6.45, 7) is 3.58. The number of aliphatic hydroxyl groups is 2. The van der Waals surface area contributed by atoms with Gasteiger partial charge in [0, 0.05) is 13.2 Å². The van der Waals surface area contributed by atoms with E-state index >= 15 is 0 Å². The smallest absolute Gasteiger partial charge is 0.119 e. The molecule has 0 aromatic heterocycles. The van der Waals surface area contributed by atoms with Gasteiger partial charge in [0.2, 0.25) is 0 Å². The van der Waals surface area contributed by atoms with Crippen LogP contribution in [0.2, 0.25) is 0 Å². The molecule has 2 bridgehead atoms. The largest absolute Gasteiger partial charge is 0.491 e.